The first kappa shape index (κ1) is 19.2. The van der Waals surface area contributed by atoms with E-state index < -0.39 is 0 Å². The first-order valence-electron chi connectivity index (χ1n) is 8.47. The predicted molar refractivity (Wildman–Crippen MR) is 86.8 cm³/mol. The van der Waals surface area contributed by atoms with Gasteiger partial charge in [-0.15, -0.1) is 0 Å². The van der Waals surface area contributed by atoms with Gasteiger partial charge in [-0.3, -0.25) is 4.79 Å². The SMILES string of the molecule is CCCC/C=C\CCCCCCCC(=O)OCC(C)C. The number of ether oxygens (including phenoxy) is 1. The second kappa shape index (κ2) is 14.6. The average molecular weight is 282 g/mol. The standard InChI is InChI=1S/C18H34O2/c1-4-5-6-7-8-9-10-11-12-13-14-15-18(19)20-16-17(2)3/h7-8,17H,4-6,9-16H2,1-3H3/b8-7-. The largest absolute Gasteiger partial charge is 0.465 e. The fourth-order valence-corrected chi connectivity index (χ4v) is 1.95. The Hall–Kier alpha value is -0.790. The minimum Gasteiger partial charge on any atom is -0.465 e. The molecule has 0 radical (unpaired) electrons. The summed E-state index contributed by atoms with van der Waals surface area (Å²) in [5.41, 5.74) is 0. The van der Waals surface area contributed by atoms with E-state index in [0.717, 1.165) is 12.8 Å². The van der Waals surface area contributed by atoms with Gasteiger partial charge >= 0.3 is 5.97 Å². The highest BCUT2D eigenvalue weighted by atomic mass is 16.5. The van der Waals surface area contributed by atoms with Crippen LogP contribution in [0.25, 0.3) is 0 Å². The van der Waals surface area contributed by atoms with Gasteiger partial charge in [-0.2, -0.15) is 0 Å². The highest BCUT2D eigenvalue weighted by Crippen LogP contribution is 2.09. The molecule has 2 nitrogen and oxygen atoms in total. The Morgan fingerprint density at radius 2 is 1.55 bits per heavy atom. The Morgan fingerprint density at radius 3 is 2.20 bits per heavy atom. The maximum Gasteiger partial charge on any atom is 0.305 e. The molecular formula is C18H34O2. The van der Waals surface area contributed by atoms with Gasteiger partial charge in [0.05, 0.1) is 6.61 Å². The van der Waals surface area contributed by atoms with Crippen LogP contribution in [0.15, 0.2) is 12.2 Å². The monoisotopic (exact) mass is 282 g/mol. The lowest BCUT2D eigenvalue weighted by Crippen LogP contribution is -2.09. The summed E-state index contributed by atoms with van der Waals surface area (Å²) in [7, 11) is 0. The quantitative estimate of drug-likeness (QED) is 0.247. The van der Waals surface area contributed by atoms with E-state index in [0.29, 0.717) is 18.9 Å². The van der Waals surface area contributed by atoms with Crippen LogP contribution < -0.4 is 0 Å². The lowest BCUT2D eigenvalue weighted by Gasteiger charge is -2.06. The molecule has 0 aromatic heterocycles. The molecule has 0 aliphatic rings. The zero-order valence-electron chi connectivity index (χ0n) is 13.8. The Morgan fingerprint density at radius 1 is 0.950 bits per heavy atom. The van der Waals surface area contributed by atoms with E-state index in [2.05, 4.69) is 32.9 Å². The van der Waals surface area contributed by atoms with Gasteiger partial charge in [-0.05, 0) is 31.6 Å². The van der Waals surface area contributed by atoms with Crippen LogP contribution >= 0.6 is 0 Å². The third kappa shape index (κ3) is 15.3. The van der Waals surface area contributed by atoms with Crippen molar-refractivity contribution in [2.75, 3.05) is 6.61 Å². The summed E-state index contributed by atoms with van der Waals surface area (Å²) < 4.78 is 5.15. The molecule has 0 spiro atoms. The molecule has 0 rings (SSSR count). The van der Waals surface area contributed by atoms with Crippen LogP contribution in [0.5, 0.6) is 0 Å². The van der Waals surface area contributed by atoms with Gasteiger partial charge in [0, 0.05) is 6.42 Å². The van der Waals surface area contributed by atoms with Gasteiger partial charge in [0.1, 0.15) is 0 Å². The van der Waals surface area contributed by atoms with Gasteiger partial charge in [0.25, 0.3) is 0 Å². The molecule has 0 saturated carbocycles. The highest BCUT2D eigenvalue weighted by molar-refractivity contribution is 5.69. The van der Waals surface area contributed by atoms with Crippen LogP contribution in [0.3, 0.4) is 0 Å². The summed E-state index contributed by atoms with van der Waals surface area (Å²) in [5, 5.41) is 0. The minimum atomic E-state index is -0.0300. The summed E-state index contributed by atoms with van der Waals surface area (Å²) >= 11 is 0. The van der Waals surface area contributed by atoms with Crippen molar-refractivity contribution in [1.82, 2.24) is 0 Å². The van der Waals surface area contributed by atoms with Crippen LogP contribution in [-0.2, 0) is 9.53 Å². The van der Waals surface area contributed by atoms with Crippen LogP contribution in [0, 0.1) is 5.92 Å². The summed E-state index contributed by atoms with van der Waals surface area (Å²) in [6.45, 7) is 6.91. The molecule has 0 aliphatic heterocycles. The van der Waals surface area contributed by atoms with E-state index in [1.165, 1.54) is 44.9 Å². The summed E-state index contributed by atoms with van der Waals surface area (Å²) in [5.74, 6) is 0.405. The van der Waals surface area contributed by atoms with E-state index in [1.807, 2.05) is 0 Å². The lowest BCUT2D eigenvalue weighted by molar-refractivity contribution is -0.144. The average Bonchev–Trinajstić information content (AvgIpc) is 2.42. The molecule has 0 aromatic rings. The van der Waals surface area contributed by atoms with Crippen molar-refractivity contribution < 1.29 is 9.53 Å². The number of rotatable bonds is 13. The fraction of sp³-hybridized carbons (Fsp3) is 0.833. The molecule has 0 amide bonds. The van der Waals surface area contributed by atoms with Crippen molar-refractivity contribution in [3.05, 3.63) is 12.2 Å². The first-order chi connectivity index (χ1) is 9.66. The Balaban J connectivity index is 3.20. The first-order valence-corrected chi connectivity index (χ1v) is 8.47. The minimum absolute atomic E-state index is 0.0300. The second-order valence-electron chi connectivity index (χ2n) is 6.00. The molecule has 0 aromatic carbocycles. The van der Waals surface area contributed by atoms with Crippen molar-refractivity contribution in [3.8, 4) is 0 Å². The smallest absolute Gasteiger partial charge is 0.305 e. The summed E-state index contributed by atoms with van der Waals surface area (Å²) in [6, 6.07) is 0. The maximum atomic E-state index is 11.4. The molecule has 0 N–H and O–H groups in total. The van der Waals surface area contributed by atoms with Gasteiger partial charge in [-0.25, -0.2) is 0 Å². The van der Waals surface area contributed by atoms with Crippen molar-refractivity contribution in [2.45, 2.75) is 85.0 Å². The van der Waals surface area contributed by atoms with Crippen molar-refractivity contribution in [3.63, 3.8) is 0 Å². The highest BCUT2D eigenvalue weighted by Gasteiger charge is 2.03. The Kier molecular flexibility index (Phi) is 14.0. The number of carbonyl (C=O) groups is 1. The molecule has 0 atom stereocenters. The summed E-state index contributed by atoms with van der Waals surface area (Å²) in [4.78, 5) is 11.4. The Bertz CT molecular complexity index is 244. The molecule has 118 valence electrons. The maximum absolute atomic E-state index is 11.4. The number of allylic oxidation sites excluding steroid dienone is 2. The topological polar surface area (TPSA) is 26.3 Å². The number of unbranched alkanes of at least 4 members (excludes halogenated alkanes) is 7. The van der Waals surface area contributed by atoms with Crippen molar-refractivity contribution >= 4 is 5.97 Å². The molecule has 0 aliphatic carbocycles. The van der Waals surface area contributed by atoms with Gasteiger partial charge < -0.3 is 4.74 Å². The van der Waals surface area contributed by atoms with Crippen LogP contribution in [0.1, 0.15) is 85.0 Å². The number of esters is 1. The Labute approximate surface area is 126 Å². The zero-order valence-corrected chi connectivity index (χ0v) is 13.8. The number of hydrogen-bond acceptors (Lipinski definition) is 2. The molecule has 0 fully saturated rings. The third-order valence-corrected chi connectivity index (χ3v) is 3.22. The molecular weight excluding hydrogens is 248 g/mol. The van der Waals surface area contributed by atoms with E-state index in [1.54, 1.807) is 0 Å². The predicted octanol–water partition coefficient (Wildman–Crippen LogP) is 5.66. The second-order valence-corrected chi connectivity index (χ2v) is 6.00. The molecule has 0 bridgehead atoms. The number of hydrogen-bond donors (Lipinski definition) is 0. The van der Waals surface area contributed by atoms with Crippen molar-refractivity contribution in [2.24, 2.45) is 5.92 Å². The van der Waals surface area contributed by atoms with Gasteiger partial charge in [0.15, 0.2) is 0 Å². The van der Waals surface area contributed by atoms with E-state index in [9.17, 15) is 4.79 Å². The van der Waals surface area contributed by atoms with Gasteiger partial charge in [0.2, 0.25) is 0 Å². The normalized spacial score (nSPS) is 11.4. The van der Waals surface area contributed by atoms with Gasteiger partial charge in [-0.1, -0.05) is 65.0 Å². The van der Waals surface area contributed by atoms with E-state index >= 15 is 0 Å². The van der Waals surface area contributed by atoms with E-state index in [-0.39, 0.29) is 5.97 Å². The zero-order chi connectivity index (χ0) is 15.1. The molecule has 20 heavy (non-hydrogen) atoms. The lowest BCUT2D eigenvalue weighted by atomic mass is 10.1. The van der Waals surface area contributed by atoms with E-state index in [4.69, 9.17) is 4.74 Å². The molecule has 2 heteroatoms. The molecule has 0 saturated heterocycles. The summed E-state index contributed by atoms with van der Waals surface area (Å²) in [6.07, 6.45) is 16.2. The molecule has 0 unspecified atom stereocenters. The van der Waals surface area contributed by atoms with Crippen LogP contribution in [0.2, 0.25) is 0 Å². The fourth-order valence-electron chi connectivity index (χ4n) is 1.95. The van der Waals surface area contributed by atoms with Crippen LogP contribution in [0.4, 0.5) is 0 Å². The molecule has 0 heterocycles. The third-order valence-electron chi connectivity index (χ3n) is 3.22. The number of carbonyl (C=O) groups excluding carboxylic acids is 1. The van der Waals surface area contributed by atoms with Crippen molar-refractivity contribution in [1.29, 1.82) is 0 Å². The van der Waals surface area contributed by atoms with Crippen LogP contribution in [-0.4, -0.2) is 12.6 Å².